The quantitative estimate of drug-likeness (QED) is 0.342. The van der Waals surface area contributed by atoms with Gasteiger partial charge >= 0.3 is 0 Å². The lowest BCUT2D eigenvalue weighted by atomic mass is 10.1. The monoisotopic (exact) mass is 450 g/mol. The number of nitrogens with zero attached hydrogens (tertiary/aromatic N) is 3. The van der Waals surface area contributed by atoms with Crippen molar-refractivity contribution in [1.29, 1.82) is 5.26 Å². The molecule has 2 aromatic carbocycles. The fraction of sp³-hybridized carbons (Fsp3) is 0.111. The van der Waals surface area contributed by atoms with Crippen LogP contribution in [0.15, 0.2) is 77.2 Å². The van der Waals surface area contributed by atoms with E-state index in [4.69, 9.17) is 4.74 Å². The van der Waals surface area contributed by atoms with Gasteiger partial charge in [0.15, 0.2) is 0 Å². The van der Waals surface area contributed by atoms with Gasteiger partial charge in [-0.2, -0.15) is 10.2 Å². The molecule has 0 saturated heterocycles. The average molecular weight is 450 g/mol. The first-order valence-electron chi connectivity index (χ1n) is 10.6. The molecule has 7 heteroatoms. The highest BCUT2D eigenvalue weighted by Gasteiger charge is 2.18. The Morgan fingerprint density at radius 1 is 1.03 bits per heavy atom. The topological polar surface area (TPSA) is 96.5 Å². The number of nitriles is 1. The van der Waals surface area contributed by atoms with E-state index in [2.05, 4.69) is 10.3 Å². The van der Waals surface area contributed by atoms with E-state index in [0.29, 0.717) is 17.1 Å². The molecule has 4 rings (SSSR count). The summed E-state index contributed by atoms with van der Waals surface area (Å²) in [5.41, 5.74) is 3.13. The van der Waals surface area contributed by atoms with Gasteiger partial charge in [0, 0.05) is 11.9 Å². The Hall–Kier alpha value is -4.70. The number of aromatic nitrogens is 2. The van der Waals surface area contributed by atoms with Crippen LogP contribution in [0.1, 0.15) is 22.3 Å². The van der Waals surface area contributed by atoms with Gasteiger partial charge in [-0.1, -0.05) is 41.5 Å². The standard InChI is InChI=1S/C27H22N4O3/c1-17-6-10-21(11-7-17)29-25(32)20(16-28)15-23-26(34-22-12-8-18(2)9-13-22)30-24-19(3)5-4-14-31(24)27(23)33/h4-15H,1-3H3,(H,29,32). The predicted octanol–water partition coefficient (Wildman–Crippen LogP) is 4.96. The number of rotatable bonds is 5. The number of amides is 1. The first-order valence-corrected chi connectivity index (χ1v) is 10.6. The second-order valence-electron chi connectivity index (χ2n) is 7.93. The second kappa shape index (κ2) is 9.43. The number of hydrogen-bond donors (Lipinski definition) is 1. The van der Waals surface area contributed by atoms with Gasteiger partial charge in [-0.3, -0.25) is 14.0 Å². The zero-order valence-electron chi connectivity index (χ0n) is 19.0. The van der Waals surface area contributed by atoms with Crippen molar-refractivity contribution in [3.63, 3.8) is 0 Å². The van der Waals surface area contributed by atoms with Crippen LogP contribution in [-0.4, -0.2) is 15.3 Å². The first kappa shape index (κ1) is 22.5. The number of aryl methyl sites for hydroxylation is 3. The number of benzene rings is 2. The van der Waals surface area contributed by atoms with Crippen LogP contribution in [0.5, 0.6) is 11.6 Å². The van der Waals surface area contributed by atoms with E-state index in [0.717, 1.165) is 16.7 Å². The summed E-state index contributed by atoms with van der Waals surface area (Å²) in [7, 11) is 0. The molecule has 1 N–H and O–H groups in total. The molecule has 0 atom stereocenters. The van der Waals surface area contributed by atoms with Crippen LogP contribution in [0.25, 0.3) is 11.7 Å². The summed E-state index contributed by atoms with van der Waals surface area (Å²) >= 11 is 0. The Bertz CT molecular complexity index is 1510. The third-order valence-electron chi connectivity index (χ3n) is 5.25. The van der Waals surface area contributed by atoms with Crippen LogP contribution >= 0.6 is 0 Å². The van der Waals surface area contributed by atoms with Crippen molar-refractivity contribution in [3.05, 3.63) is 105 Å². The van der Waals surface area contributed by atoms with Crippen LogP contribution in [0.4, 0.5) is 5.69 Å². The molecule has 0 fully saturated rings. The molecular formula is C27H22N4O3. The van der Waals surface area contributed by atoms with Crippen molar-refractivity contribution in [2.75, 3.05) is 5.32 Å². The fourth-order valence-electron chi connectivity index (χ4n) is 3.34. The minimum atomic E-state index is -0.638. The van der Waals surface area contributed by atoms with Crippen LogP contribution in [0.3, 0.4) is 0 Å². The van der Waals surface area contributed by atoms with E-state index in [9.17, 15) is 14.9 Å². The molecule has 0 saturated carbocycles. The van der Waals surface area contributed by atoms with E-state index in [1.54, 1.807) is 36.5 Å². The molecule has 0 radical (unpaired) electrons. The summed E-state index contributed by atoms with van der Waals surface area (Å²) in [4.78, 5) is 30.7. The van der Waals surface area contributed by atoms with Crippen LogP contribution in [0.2, 0.25) is 0 Å². The van der Waals surface area contributed by atoms with Crippen LogP contribution < -0.4 is 15.6 Å². The summed E-state index contributed by atoms with van der Waals surface area (Å²) in [6.45, 7) is 5.72. The molecule has 0 unspecified atom stereocenters. The summed E-state index contributed by atoms with van der Waals surface area (Å²) < 4.78 is 7.33. The Morgan fingerprint density at radius 2 is 1.68 bits per heavy atom. The van der Waals surface area contributed by atoms with Crippen molar-refractivity contribution < 1.29 is 9.53 Å². The number of ether oxygens (including phenoxy) is 1. The van der Waals surface area contributed by atoms with Crippen LogP contribution in [-0.2, 0) is 4.79 Å². The molecule has 0 bridgehead atoms. The predicted molar refractivity (Wildman–Crippen MR) is 131 cm³/mol. The smallest absolute Gasteiger partial charge is 0.269 e. The van der Waals surface area contributed by atoms with Crippen LogP contribution in [0, 0.1) is 32.1 Å². The van der Waals surface area contributed by atoms with E-state index in [-0.39, 0.29) is 17.0 Å². The third kappa shape index (κ3) is 4.71. The number of anilines is 1. The van der Waals surface area contributed by atoms with Gasteiger partial charge in [0.25, 0.3) is 11.5 Å². The summed E-state index contributed by atoms with van der Waals surface area (Å²) in [6, 6.07) is 19.9. The Kier molecular flexibility index (Phi) is 6.24. The molecule has 4 aromatic rings. The maximum absolute atomic E-state index is 13.4. The van der Waals surface area contributed by atoms with Gasteiger partial charge in [0.2, 0.25) is 5.88 Å². The van der Waals surface area contributed by atoms with E-state index in [1.165, 1.54) is 10.5 Å². The van der Waals surface area contributed by atoms with Gasteiger partial charge in [-0.15, -0.1) is 0 Å². The first-order chi connectivity index (χ1) is 16.4. The molecule has 1 amide bonds. The number of fused-ring (bicyclic) bond motifs is 1. The number of carbonyl (C=O) groups is 1. The largest absolute Gasteiger partial charge is 0.438 e. The molecular weight excluding hydrogens is 428 g/mol. The molecule has 0 spiro atoms. The molecule has 0 aliphatic rings. The second-order valence-corrected chi connectivity index (χ2v) is 7.93. The third-order valence-corrected chi connectivity index (χ3v) is 5.25. The van der Waals surface area contributed by atoms with Gasteiger partial charge in [-0.05, 0) is 62.7 Å². The lowest BCUT2D eigenvalue weighted by Crippen LogP contribution is -2.20. The molecule has 168 valence electrons. The molecule has 0 aliphatic carbocycles. The Balaban J connectivity index is 1.82. The SMILES string of the molecule is Cc1ccc(NC(=O)C(C#N)=Cc2c(Oc3ccc(C)cc3)nc3c(C)cccn3c2=O)cc1. The van der Waals surface area contributed by atoms with Gasteiger partial charge in [-0.25, -0.2) is 0 Å². The van der Waals surface area contributed by atoms with E-state index < -0.39 is 11.5 Å². The Morgan fingerprint density at radius 3 is 2.32 bits per heavy atom. The van der Waals surface area contributed by atoms with Crippen molar-refractivity contribution in [2.24, 2.45) is 0 Å². The lowest BCUT2D eigenvalue weighted by molar-refractivity contribution is -0.112. The average Bonchev–Trinajstić information content (AvgIpc) is 2.82. The lowest BCUT2D eigenvalue weighted by Gasteiger charge is -2.12. The van der Waals surface area contributed by atoms with Crippen molar-refractivity contribution in [2.45, 2.75) is 20.8 Å². The number of hydrogen-bond acceptors (Lipinski definition) is 5. The molecule has 2 aromatic heterocycles. The number of pyridine rings is 1. The highest BCUT2D eigenvalue weighted by molar-refractivity contribution is 6.09. The van der Waals surface area contributed by atoms with E-state index in [1.807, 2.05) is 57.2 Å². The van der Waals surface area contributed by atoms with Crippen molar-refractivity contribution in [1.82, 2.24) is 9.38 Å². The van der Waals surface area contributed by atoms with E-state index >= 15 is 0 Å². The minimum absolute atomic E-state index is 0.000666. The highest BCUT2D eigenvalue weighted by Crippen LogP contribution is 2.25. The zero-order valence-corrected chi connectivity index (χ0v) is 19.0. The van der Waals surface area contributed by atoms with Gasteiger partial charge < -0.3 is 10.1 Å². The number of nitrogens with one attached hydrogen (secondary N) is 1. The molecule has 7 nitrogen and oxygen atoms in total. The zero-order chi connectivity index (χ0) is 24.2. The van der Waals surface area contributed by atoms with Gasteiger partial charge in [0.1, 0.15) is 28.6 Å². The summed E-state index contributed by atoms with van der Waals surface area (Å²) in [5, 5.41) is 12.4. The highest BCUT2D eigenvalue weighted by atomic mass is 16.5. The molecule has 2 heterocycles. The normalized spacial score (nSPS) is 11.2. The maximum atomic E-state index is 13.4. The summed E-state index contributed by atoms with van der Waals surface area (Å²) in [5.74, 6) is -0.145. The van der Waals surface area contributed by atoms with Gasteiger partial charge in [0.05, 0.1) is 0 Å². The fourth-order valence-corrected chi connectivity index (χ4v) is 3.34. The summed E-state index contributed by atoms with van der Waals surface area (Å²) in [6.07, 6.45) is 2.81. The minimum Gasteiger partial charge on any atom is -0.438 e. The molecule has 34 heavy (non-hydrogen) atoms. The number of carbonyl (C=O) groups excluding carboxylic acids is 1. The molecule has 0 aliphatic heterocycles. The maximum Gasteiger partial charge on any atom is 0.269 e. The van der Waals surface area contributed by atoms with Crippen molar-refractivity contribution >= 4 is 23.3 Å². The Labute approximate surface area is 196 Å². The van der Waals surface area contributed by atoms with Crippen molar-refractivity contribution in [3.8, 4) is 17.7 Å².